The molecule has 2 aliphatic rings. The van der Waals surface area contributed by atoms with Crippen molar-refractivity contribution >= 4 is 16.8 Å². The summed E-state index contributed by atoms with van der Waals surface area (Å²) in [6, 6.07) is 10.3. The van der Waals surface area contributed by atoms with Gasteiger partial charge in [0, 0.05) is 18.1 Å². The second-order valence-corrected chi connectivity index (χ2v) is 6.52. The molecular weight excluding hydrogens is 288 g/mol. The van der Waals surface area contributed by atoms with Gasteiger partial charge in [0.1, 0.15) is 0 Å². The van der Waals surface area contributed by atoms with Crippen LogP contribution in [0.1, 0.15) is 31.2 Å². The minimum atomic E-state index is 0.211. The number of fused-ring (bicyclic) bond motifs is 2. The van der Waals surface area contributed by atoms with Gasteiger partial charge in [-0.25, -0.2) is 0 Å². The van der Waals surface area contributed by atoms with E-state index in [4.69, 9.17) is 4.74 Å². The standard InChI is InChI=1S/C19H22N2O2/c22-18(21-11-12-23-17-9-2-1-8-16(17)21)13-15-6-3-5-14-7-4-10-20-19(14)15/h3-7,10,16-17H,1-2,8-9,11-13H2/t16-,17-/m1/s1. The van der Waals surface area contributed by atoms with Gasteiger partial charge in [-0.1, -0.05) is 37.1 Å². The molecule has 23 heavy (non-hydrogen) atoms. The fraction of sp³-hybridized carbons (Fsp3) is 0.474. The van der Waals surface area contributed by atoms with Gasteiger partial charge in [0.05, 0.1) is 30.7 Å². The molecule has 0 radical (unpaired) electrons. The number of carbonyl (C=O) groups excluding carboxylic acids is 1. The van der Waals surface area contributed by atoms with E-state index in [9.17, 15) is 4.79 Å². The Bertz CT molecular complexity index is 708. The average Bonchev–Trinajstić information content (AvgIpc) is 2.61. The van der Waals surface area contributed by atoms with Gasteiger partial charge in [0.25, 0.3) is 0 Å². The van der Waals surface area contributed by atoms with Crippen LogP contribution in [0, 0.1) is 0 Å². The van der Waals surface area contributed by atoms with Gasteiger partial charge in [-0.05, 0) is 24.5 Å². The van der Waals surface area contributed by atoms with E-state index in [2.05, 4.69) is 9.88 Å². The van der Waals surface area contributed by atoms with Crippen molar-refractivity contribution in [3.05, 3.63) is 42.1 Å². The van der Waals surface area contributed by atoms with E-state index in [0.717, 1.165) is 35.9 Å². The van der Waals surface area contributed by atoms with Crippen LogP contribution >= 0.6 is 0 Å². The van der Waals surface area contributed by atoms with Crippen molar-refractivity contribution < 1.29 is 9.53 Å². The highest BCUT2D eigenvalue weighted by Gasteiger charge is 2.36. The van der Waals surface area contributed by atoms with Crippen LogP contribution in [0.2, 0.25) is 0 Å². The molecule has 2 atom stereocenters. The molecule has 2 fully saturated rings. The second kappa shape index (κ2) is 6.28. The van der Waals surface area contributed by atoms with Crippen LogP contribution in [-0.2, 0) is 16.0 Å². The Balaban J connectivity index is 1.56. The van der Waals surface area contributed by atoms with Crippen LogP contribution < -0.4 is 0 Å². The minimum absolute atomic E-state index is 0.211. The van der Waals surface area contributed by atoms with E-state index in [0.29, 0.717) is 13.0 Å². The molecule has 2 aromatic rings. The maximum Gasteiger partial charge on any atom is 0.227 e. The summed E-state index contributed by atoms with van der Waals surface area (Å²) in [6.45, 7) is 1.39. The van der Waals surface area contributed by atoms with Crippen LogP contribution in [0.4, 0.5) is 0 Å². The topological polar surface area (TPSA) is 42.4 Å². The summed E-state index contributed by atoms with van der Waals surface area (Å²) >= 11 is 0. The Labute approximate surface area is 136 Å². The molecule has 120 valence electrons. The maximum atomic E-state index is 12.9. The van der Waals surface area contributed by atoms with Gasteiger partial charge in [0.15, 0.2) is 0 Å². The molecule has 1 amide bonds. The zero-order chi connectivity index (χ0) is 15.6. The summed E-state index contributed by atoms with van der Waals surface area (Å²) in [5, 5.41) is 1.09. The van der Waals surface area contributed by atoms with E-state index < -0.39 is 0 Å². The molecule has 1 aliphatic carbocycles. The lowest BCUT2D eigenvalue weighted by molar-refractivity contribution is -0.148. The molecule has 0 N–H and O–H groups in total. The Morgan fingerprint density at radius 1 is 1.22 bits per heavy atom. The summed E-state index contributed by atoms with van der Waals surface area (Å²) in [7, 11) is 0. The molecule has 4 heteroatoms. The van der Waals surface area contributed by atoms with Crippen LogP contribution in [0.3, 0.4) is 0 Å². The average molecular weight is 310 g/mol. The molecule has 2 heterocycles. The third-order valence-electron chi connectivity index (χ3n) is 5.11. The zero-order valence-corrected chi connectivity index (χ0v) is 13.3. The highest BCUT2D eigenvalue weighted by atomic mass is 16.5. The number of rotatable bonds is 2. The van der Waals surface area contributed by atoms with Gasteiger partial charge in [-0.2, -0.15) is 0 Å². The van der Waals surface area contributed by atoms with E-state index >= 15 is 0 Å². The van der Waals surface area contributed by atoms with Crippen molar-refractivity contribution in [2.45, 2.75) is 44.2 Å². The number of carbonyl (C=O) groups is 1. The van der Waals surface area contributed by atoms with Crippen LogP contribution in [-0.4, -0.2) is 41.1 Å². The normalized spacial score (nSPS) is 24.4. The van der Waals surface area contributed by atoms with Crippen molar-refractivity contribution in [3.8, 4) is 0 Å². The molecule has 0 unspecified atom stereocenters. The Kier molecular flexibility index (Phi) is 4.00. The lowest BCUT2D eigenvalue weighted by Gasteiger charge is -2.43. The number of amides is 1. The molecular formula is C19H22N2O2. The van der Waals surface area contributed by atoms with E-state index in [1.807, 2.05) is 30.3 Å². The largest absolute Gasteiger partial charge is 0.374 e. The zero-order valence-electron chi connectivity index (χ0n) is 13.3. The minimum Gasteiger partial charge on any atom is -0.374 e. The lowest BCUT2D eigenvalue weighted by atomic mass is 9.89. The van der Waals surface area contributed by atoms with Gasteiger partial charge < -0.3 is 9.64 Å². The molecule has 0 spiro atoms. The quantitative estimate of drug-likeness (QED) is 0.856. The van der Waals surface area contributed by atoms with Crippen molar-refractivity contribution in [1.82, 2.24) is 9.88 Å². The highest BCUT2D eigenvalue weighted by Crippen LogP contribution is 2.29. The van der Waals surface area contributed by atoms with Gasteiger partial charge in [-0.3, -0.25) is 9.78 Å². The summed E-state index contributed by atoms with van der Waals surface area (Å²) in [5.41, 5.74) is 1.96. The lowest BCUT2D eigenvalue weighted by Crippen LogP contribution is -2.55. The number of para-hydroxylation sites is 1. The Morgan fingerprint density at radius 2 is 2.09 bits per heavy atom. The predicted molar refractivity (Wildman–Crippen MR) is 89.2 cm³/mol. The smallest absolute Gasteiger partial charge is 0.227 e. The first-order valence-electron chi connectivity index (χ1n) is 8.56. The summed E-state index contributed by atoms with van der Waals surface area (Å²) < 4.78 is 5.88. The Hall–Kier alpha value is -1.94. The molecule has 1 aromatic heterocycles. The number of ether oxygens (including phenoxy) is 1. The summed E-state index contributed by atoms with van der Waals surface area (Å²) in [5.74, 6) is 0.211. The maximum absolute atomic E-state index is 12.9. The molecule has 1 saturated heterocycles. The molecule has 1 saturated carbocycles. The highest BCUT2D eigenvalue weighted by molar-refractivity contribution is 5.87. The third-order valence-corrected chi connectivity index (χ3v) is 5.11. The SMILES string of the molecule is O=C(Cc1cccc2cccnc12)N1CCO[C@@H]2CCCC[C@H]21. The Morgan fingerprint density at radius 3 is 3.04 bits per heavy atom. The second-order valence-electron chi connectivity index (χ2n) is 6.52. The van der Waals surface area contributed by atoms with Gasteiger partial charge >= 0.3 is 0 Å². The fourth-order valence-electron chi connectivity index (χ4n) is 3.98. The van der Waals surface area contributed by atoms with Crippen LogP contribution in [0.25, 0.3) is 10.9 Å². The van der Waals surface area contributed by atoms with E-state index in [1.54, 1.807) is 6.20 Å². The van der Waals surface area contributed by atoms with Crippen molar-refractivity contribution in [1.29, 1.82) is 0 Å². The summed E-state index contributed by atoms with van der Waals surface area (Å²) in [6.07, 6.45) is 7.04. The molecule has 0 bridgehead atoms. The number of aromatic nitrogens is 1. The first-order valence-corrected chi connectivity index (χ1v) is 8.56. The molecule has 4 nitrogen and oxygen atoms in total. The number of morpholine rings is 1. The van der Waals surface area contributed by atoms with Crippen LogP contribution in [0.15, 0.2) is 36.5 Å². The van der Waals surface area contributed by atoms with Crippen molar-refractivity contribution in [2.75, 3.05) is 13.2 Å². The van der Waals surface area contributed by atoms with E-state index in [1.165, 1.54) is 12.8 Å². The van der Waals surface area contributed by atoms with Gasteiger partial charge in [-0.15, -0.1) is 0 Å². The van der Waals surface area contributed by atoms with E-state index in [-0.39, 0.29) is 18.1 Å². The number of benzene rings is 1. The first-order chi connectivity index (χ1) is 11.3. The van der Waals surface area contributed by atoms with Crippen molar-refractivity contribution in [2.24, 2.45) is 0 Å². The predicted octanol–water partition coefficient (Wildman–Crippen LogP) is 2.95. The molecule has 1 aliphatic heterocycles. The monoisotopic (exact) mass is 310 g/mol. The number of pyridine rings is 1. The number of nitrogens with zero attached hydrogens (tertiary/aromatic N) is 2. The molecule has 1 aromatic carbocycles. The summed E-state index contributed by atoms with van der Waals surface area (Å²) in [4.78, 5) is 19.4. The molecule has 4 rings (SSSR count). The first kappa shape index (κ1) is 14.6. The van der Waals surface area contributed by atoms with Crippen molar-refractivity contribution in [3.63, 3.8) is 0 Å². The number of hydrogen-bond donors (Lipinski definition) is 0. The van der Waals surface area contributed by atoms with Crippen LogP contribution in [0.5, 0.6) is 0 Å². The third kappa shape index (κ3) is 2.83. The number of hydrogen-bond acceptors (Lipinski definition) is 3. The van der Waals surface area contributed by atoms with Gasteiger partial charge in [0.2, 0.25) is 5.91 Å². The fourth-order valence-corrected chi connectivity index (χ4v) is 3.98.